The summed E-state index contributed by atoms with van der Waals surface area (Å²) in [6.07, 6.45) is 6.33. The summed E-state index contributed by atoms with van der Waals surface area (Å²) in [5.41, 5.74) is 2.19. The van der Waals surface area contributed by atoms with Gasteiger partial charge in [-0.05, 0) is 37.7 Å². The second-order valence-electron chi connectivity index (χ2n) is 5.28. The van der Waals surface area contributed by atoms with Gasteiger partial charge in [0.05, 0.1) is 5.69 Å². The number of aromatic carboxylic acids is 1. The van der Waals surface area contributed by atoms with Crippen LogP contribution in [0, 0.1) is 12.3 Å². The standard InChI is InChI=1S/C14H20N2O2/c1-3-4-14(5-6-14)9-16-12-7-10(2)15-8-11(12)13(17)18/h7-8H,3-6,9H2,1-2H3,(H,15,16)(H,17,18). The highest BCUT2D eigenvalue weighted by Crippen LogP contribution is 2.49. The molecule has 1 heterocycles. The van der Waals surface area contributed by atoms with E-state index in [0.717, 1.165) is 12.2 Å². The second kappa shape index (κ2) is 4.96. The summed E-state index contributed by atoms with van der Waals surface area (Å²) >= 11 is 0. The molecule has 1 saturated carbocycles. The lowest BCUT2D eigenvalue weighted by Gasteiger charge is -2.17. The predicted molar refractivity (Wildman–Crippen MR) is 71.0 cm³/mol. The first-order chi connectivity index (χ1) is 8.56. The zero-order chi connectivity index (χ0) is 13.2. The van der Waals surface area contributed by atoms with Gasteiger partial charge in [0.15, 0.2) is 0 Å². The molecule has 0 spiro atoms. The molecule has 0 aromatic carbocycles. The lowest BCUT2D eigenvalue weighted by Crippen LogP contribution is -2.17. The Bertz CT molecular complexity index is 453. The molecule has 0 atom stereocenters. The number of carbonyl (C=O) groups is 1. The highest BCUT2D eigenvalue weighted by molar-refractivity contribution is 5.93. The Morgan fingerprint density at radius 2 is 2.28 bits per heavy atom. The van der Waals surface area contributed by atoms with E-state index in [0.29, 0.717) is 11.1 Å². The van der Waals surface area contributed by atoms with E-state index in [1.807, 2.05) is 13.0 Å². The molecular formula is C14H20N2O2. The maximum Gasteiger partial charge on any atom is 0.339 e. The number of aryl methyl sites for hydroxylation is 1. The van der Waals surface area contributed by atoms with Crippen LogP contribution in [0.1, 0.15) is 48.7 Å². The molecule has 0 aliphatic heterocycles. The fourth-order valence-electron chi connectivity index (χ4n) is 2.38. The van der Waals surface area contributed by atoms with Crippen LogP contribution in [0.25, 0.3) is 0 Å². The Kier molecular flexibility index (Phi) is 3.55. The van der Waals surface area contributed by atoms with Gasteiger partial charge in [0.1, 0.15) is 5.56 Å². The summed E-state index contributed by atoms with van der Waals surface area (Å²) in [7, 11) is 0. The van der Waals surface area contributed by atoms with Gasteiger partial charge in [0.25, 0.3) is 0 Å². The molecule has 0 saturated heterocycles. The Morgan fingerprint density at radius 3 is 2.83 bits per heavy atom. The maximum absolute atomic E-state index is 11.1. The highest BCUT2D eigenvalue weighted by Gasteiger charge is 2.41. The first-order valence-corrected chi connectivity index (χ1v) is 6.50. The Labute approximate surface area is 107 Å². The van der Waals surface area contributed by atoms with Crippen molar-refractivity contribution in [2.75, 3.05) is 11.9 Å². The van der Waals surface area contributed by atoms with Crippen molar-refractivity contribution in [1.29, 1.82) is 0 Å². The Hall–Kier alpha value is -1.58. The molecule has 1 aromatic heterocycles. The first-order valence-electron chi connectivity index (χ1n) is 6.50. The fraction of sp³-hybridized carbons (Fsp3) is 0.571. The minimum Gasteiger partial charge on any atom is -0.478 e. The largest absolute Gasteiger partial charge is 0.478 e. The zero-order valence-corrected chi connectivity index (χ0v) is 11.0. The first kappa shape index (κ1) is 12.9. The van der Waals surface area contributed by atoms with E-state index in [1.54, 1.807) is 0 Å². The van der Waals surface area contributed by atoms with Crippen molar-refractivity contribution in [3.63, 3.8) is 0 Å². The number of carboxylic acid groups (broad SMARTS) is 1. The van der Waals surface area contributed by atoms with Gasteiger partial charge in [-0.15, -0.1) is 0 Å². The third-order valence-corrected chi connectivity index (χ3v) is 3.66. The fourth-order valence-corrected chi connectivity index (χ4v) is 2.38. The van der Waals surface area contributed by atoms with Gasteiger partial charge in [0.2, 0.25) is 0 Å². The molecular weight excluding hydrogens is 228 g/mol. The second-order valence-corrected chi connectivity index (χ2v) is 5.28. The average molecular weight is 248 g/mol. The van der Waals surface area contributed by atoms with E-state index >= 15 is 0 Å². The van der Waals surface area contributed by atoms with E-state index in [-0.39, 0.29) is 5.56 Å². The summed E-state index contributed by atoms with van der Waals surface area (Å²) in [5, 5.41) is 12.4. The van der Waals surface area contributed by atoms with E-state index in [2.05, 4.69) is 17.2 Å². The van der Waals surface area contributed by atoms with Gasteiger partial charge in [-0.1, -0.05) is 13.3 Å². The van der Waals surface area contributed by atoms with Crippen LogP contribution in [0.15, 0.2) is 12.3 Å². The van der Waals surface area contributed by atoms with Crippen LogP contribution in [-0.4, -0.2) is 22.6 Å². The number of aromatic nitrogens is 1. The molecule has 18 heavy (non-hydrogen) atoms. The minimum atomic E-state index is -0.926. The minimum absolute atomic E-state index is 0.257. The Balaban J connectivity index is 2.08. The molecule has 0 amide bonds. The smallest absolute Gasteiger partial charge is 0.339 e. The third-order valence-electron chi connectivity index (χ3n) is 3.66. The van der Waals surface area contributed by atoms with Crippen molar-refractivity contribution in [2.45, 2.75) is 39.5 Å². The number of nitrogens with one attached hydrogen (secondary N) is 1. The van der Waals surface area contributed by atoms with Crippen molar-refractivity contribution >= 4 is 11.7 Å². The van der Waals surface area contributed by atoms with Crippen LogP contribution in [-0.2, 0) is 0 Å². The Morgan fingerprint density at radius 1 is 1.56 bits per heavy atom. The van der Waals surface area contributed by atoms with E-state index in [4.69, 9.17) is 5.11 Å². The number of hydrogen-bond donors (Lipinski definition) is 2. The van der Waals surface area contributed by atoms with Gasteiger partial charge >= 0.3 is 5.97 Å². The normalized spacial score (nSPS) is 16.3. The van der Waals surface area contributed by atoms with Crippen LogP contribution < -0.4 is 5.32 Å². The summed E-state index contributed by atoms with van der Waals surface area (Å²) in [5.74, 6) is -0.926. The molecule has 0 radical (unpaired) electrons. The van der Waals surface area contributed by atoms with Crippen LogP contribution in [0.3, 0.4) is 0 Å². The number of hydrogen-bond acceptors (Lipinski definition) is 3. The van der Waals surface area contributed by atoms with Crippen LogP contribution in [0.2, 0.25) is 0 Å². The lowest BCUT2D eigenvalue weighted by molar-refractivity contribution is 0.0697. The van der Waals surface area contributed by atoms with Crippen molar-refractivity contribution < 1.29 is 9.90 Å². The van der Waals surface area contributed by atoms with E-state index in [9.17, 15) is 4.79 Å². The summed E-state index contributed by atoms with van der Waals surface area (Å²) in [6, 6.07) is 1.81. The van der Waals surface area contributed by atoms with Crippen molar-refractivity contribution in [3.8, 4) is 0 Å². The number of nitrogens with zero attached hydrogens (tertiary/aromatic N) is 1. The van der Waals surface area contributed by atoms with Crippen molar-refractivity contribution in [3.05, 3.63) is 23.5 Å². The maximum atomic E-state index is 11.1. The topological polar surface area (TPSA) is 62.2 Å². The summed E-state index contributed by atoms with van der Waals surface area (Å²) in [4.78, 5) is 15.2. The van der Waals surface area contributed by atoms with Crippen LogP contribution >= 0.6 is 0 Å². The molecule has 1 fully saturated rings. The van der Waals surface area contributed by atoms with Gasteiger partial charge in [-0.3, -0.25) is 4.98 Å². The van der Waals surface area contributed by atoms with Crippen LogP contribution in [0.4, 0.5) is 5.69 Å². The molecule has 98 valence electrons. The van der Waals surface area contributed by atoms with Gasteiger partial charge in [0, 0.05) is 18.4 Å². The van der Waals surface area contributed by atoms with Crippen molar-refractivity contribution in [1.82, 2.24) is 4.98 Å². The average Bonchev–Trinajstić information content (AvgIpc) is 3.07. The number of anilines is 1. The van der Waals surface area contributed by atoms with Crippen LogP contribution in [0.5, 0.6) is 0 Å². The lowest BCUT2D eigenvalue weighted by atomic mass is 10.0. The van der Waals surface area contributed by atoms with E-state index < -0.39 is 5.97 Å². The highest BCUT2D eigenvalue weighted by atomic mass is 16.4. The number of pyridine rings is 1. The monoisotopic (exact) mass is 248 g/mol. The molecule has 0 bridgehead atoms. The summed E-state index contributed by atoms with van der Waals surface area (Å²) in [6.45, 7) is 4.93. The molecule has 0 unspecified atom stereocenters. The summed E-state index contributed by atoms with van der Waals surface area (Å²) < 4.78 is 0. The van der Waals surface area contributed by atoms with Gasteiger partial charge in [-0.25, -0.2) is 4.79 Å². The molecule has 4 heteroatoms. The van der Waals surface area contributed by atoms with Gasteiger partial charge in [-0.2, -0.15) is 0 Å². The molecule has 1 aliphatic rings. The zero-order valence-electron chi connectivity index (χ0n) is 11.0. The van der Waals surface area contributed by atoms with Crippen molar-refractivity contribution in [2.24, 2.45) is 5.41 Å². The van der Waals surface area contributed by atoms with Gasteiger partial charge < -0.3 is 10.4 Å². The quantitative estimate of drug-likeness (QED) is 0.812. The number of carboxylic acids is 1. The molecule has 1 aromatic rings. The molecule has 1 aliphatic carbocycles. The third kappa shape index (κ3) is 2.81. The SMILES string of the molecule is CCCC1(CNc2cc(C)ncc2C(=O)O)CC1. The molecule has 2 N–H and O–H groups in total. The van der Waals surface area contributed by atoms with E-state index in [1.165, 1.54) is 31.9 Å². The predicted octanol–water partition coefficient (Wildman–Crippen LogP) is 3.08. The number of rotatable bonds is 6. The molecule has 2 rings (SSSR count). The molecule has 4 nitrogen and oxygen atoms in total.